The molecule has 2 aromatic heterocycles. The number of alkyl halides is 3. The molecular weight excluding hydrogens is 350 g/mol. The van der Waals surface area contributed by atoms with Crippen molar-refractivity contribution in [3.63, 3.8) is 0 Å². The third kappa shape index (κ3) is 3.40. The molecule has 4 nitrogen and oxygen atoms in total. The highest BCUT2D eigenvalue weighted by Gasteiger charge is 2.34. The highest BCUT2D eigenvalue weighted by Crippen LogP contribution is 2.34. The average Bonchev–Trinajstić information content (AvgIpc) is 2.92. The van der Waals surface area contributed by atoms with Gasteiger partial charge in [-0.2, -0.15) is 13.2 Å². The van der Waals surface area contributed by atoms with Gasteiger partial charge in [-0.25, -0.2) is 9.37 Å². The number of benzene rings is 1. The van der Waals surface area contributed by atoms with Crippen molar-refractivity contribution in [2.24, 2.45) is 0 Å². The molecule has 8 heteroatoms. The topological polar surface area (TPSA) is 46.4 Å². The molecule has 0 spiro atoms. The van der Waals surface area contributed by atoms with Gasteiger partial charge >= 0.3 is 6.18 Å². The van der Waals surface area contributed by atoms with Gasteiger partial charge in [-0.05, 0) is 30.7 Å². The van der Waals surface area contributed by atoms with E-state index < -0.39 is 23.5 Å². The Hall–Kier alpha value is -2.90. The van der Waals surface area contributed by atoms with E-state index in [0.717, 1.165) is 12.3 Å². The number of halogens is 4. The maximum atomic E-state index is 13.6. The lowest BCUT2D eigenvalue weighted by Gasteiger charge is -2.14. The first-order valence-electron chi connectivity index (χ1n) is 7.95. The van der Waals surface area contributed by atoms with Gasteiger partial charge < -0.3 is 5.32 Å². The molecule has 0 atom stereocenters. The second-order valence-electron chi connectivity index (χ2n) is 5.73. The second-order valence-corrected chi connectivity index (χ2v) is 5.73. The van der Waals surface area contributed by atoms with E-state index >= 15 is 0 Å². The van der Waals surface area contributed by atoms with E-state index in [-0.39, 0.29) is 11.4 Å². The maximum absolute atomic E-state index is 13.6. The van der Waals surface area contributed by atoms with Gasteiger partial charge in [0.25, 0.3) is 5.91 Å². The van der Waals surface area contributed by atoms with Crippen LogP contribution in [0.15, 0.2) is 42.6 Å². The Labute approximate surface area is 146 Å². The minimum Gasteiger partial charge on any atom is -0.320 e. The van der Waals surface area contributed by atoms with Crippen molar-refractivity contribution < 1.29 is 22.4 Å². The van der Waals surface area contributed by atoms with Crippen molar-refractivity contribution in [2.45, 2.75) is 25.9 Å². The Bertz CT molecular complexity index is 963. The number of rotatable bonds is 4. The summed E-state index contributed by atoms with van der Waals surface area (Å²) in [5.74, 6) is -1.36. The van der Waals surface area contributed by atoms with Crippen LogP contribution in [0.3, 0.4) is 0 Å². The fraction of sp³-hybridized carbons (Fsp3) is 0.222. The molecule has 0 unspecified atom stereocenters. The van der Waals surface area contributed by atoms with Gasteiger partial charge in [0.2, 0.25) is 0 Å². The highest BCUT2D eigenvalue weighted by atomic mass is 19.4. The molecule has 0 saturated carbocycles. The van der Waals surface area contributed by atoms with Crippen molar-refractivity contribution in [1.82, 2.24) is 9.38 Å². The van der Waals surface area contributed by atoms with Crippen LogP contribution >= 0.6 is 0 Å². The SMILES string of the molecule is CCCc1nc2ccc(F)cn2c1C(=O)Nc1ccccc1C(F)(F)F. The number of amides is 1. The summed E-state index contributed by atoms with van der Waals surface area (Å²) in [4.78, 5) is 17.0. The molecule has 3 rings (SSSR count). The molecule has 1 aromatic carbocycles. The quantitative estimate of drug-likeness (QED) is 0.682. The molecule has 0 aliphatic heterocycles. The third-order valence-electron chi connectivity index (χ3n) is 3.84. The molecule has 0 aliphatic rings. The number of hydrogen-bond acceptors (Lipinski definition) is 2. The number of carbonyl (C=O) groups is 1. The molecule has 0 fully saturated rings. The molecule has 0 aliphatic carbocycles. The molecule has 0 saturated heterocycles. The van der Waals surface area contributed by atoms with Gasteiger partial charge in [0.15, 0.2) is 0 Å². The van der Waals surface area contributed by atoms with E-state index in [4.69, 9.17) is 0 Å². The first-order chi connectivity index (χ1) is 12.3. The predicted octanol–water partition coefficient (Wildman–Crippen LogP) is 4.70. The average molecular weight is 365 g/mol. The van der Waals surface area contributed by atoms with E-state index in [2.05, 4.69) is 10.3 Å². The summed E-state index contributed by atoms with van der Waals surface area (Å²) in [6, 6.07) is 7.31. The molecule has 1 N–H and O–H groups in total. The van der Waals surface area contributed by atoms with Crippen molar-refractivity contribution >= 4 is 17.2 Å². The van der Waals surface area contributed by atoms with E-state index in [9.17, 15) is 22.4 Å². The minimum absolute atomic E-state index is 0.0262. The maximum Gasteiger partial charge on any atom is 0.418 e. The molecule has 0 radical (unpaired) electrons. The largest absolute Gasteiger partial charge is 0.418 e. The molecule has 2 heterocycles. The molecule has 136 valence electrons. The first kappa shape index (κ1) is 17.9. The van der Waals surface area contributed by atoms with Gasteiger partial charge in [-0.3, -0.25) is 9.20 Å². The van der Waals surface area contributed by atoms with Crippen LogP contribution in [-0.2, 0) is 12.6 Å². The number of anilines is 1. The predicted molar refractivity (Wildman–Crippen MR) is 88.5 cm³/mol. The van der Waals surface area contributed by atoms with Crippen LogP contribution < -0.4 is 5.32 Å². The van der Waals surface area contributed by atoms with Crippen LogP contribution in [0.1, 0.15) is 35.1 Å². The second kappa shape index (κ2) is 6.78. The molecule has 3 aromatic rings. The Morgan fingerprint density at radius 3 is 2.62 bits per heavy atom. The van der Waals surface area contributed by atoms with Gasteiger partial charge in [0.05, 0.1) is 16.9 Å². The number of aromatic nitrogens is 2. The van der Waals surface area contributed by atoms with Crippen LogP contribution in [-0.4, -0.2) is 15.3 Å². The van der Waals surface area contributed by atoms with Gasteiger partial charge in [-0.15, -0.1) is 0 Å². The van der Waals surface area contributed by atoms with Crippen molar-refractivity contribution in [1.29, 1.82) is 0 Å². The van der Waals surface area contributed by atoms with Crippen molar-refractivity contribution in [3.8, 4) is 0 Å². The number of pyridine rings is 1. The van der Waals surface area contributed by atoms with Crippen molar-refractivity contribution in [2.75, 3.05) is 5.32 Å². The summed E-state index contributed by atoms with van der Waals surface area (Å²) in [6.45, 7) is 1.88. The highest BCUT2D eigenvalue weighted by molar-refractivity contribution is 6.05. The fourth-order valence-corrected chi connectivity index (χ4v) is 2.74. The summed E-state index contributed by atoms with van der Waals surface area (Å²) in [6.07, 6.45) is -2.41. The Morgan fingerprint density at radius 2 is 1.92 bits per heavy atom. The zero-order chi connectivity index (χ0) is 18.9. The standard InChI is InChI=1S/C18H15F4N3O/c1-2-5-14-16(25-10-11(19)8-9-15(25)23-14)17(26)24-13-7-4-3-6-12(13)18(20,21)22/h3-4,6-10H,2,5H2,1H3,(H,24,26). The smallest absolute Gasteiger partial charge is 0.320 e. The molecule has 26 heavy (non-hydrogen) atoms. The summed E-state index contributed by atoms with van der Waals surface area (Å²) >= 11 is 0. The summed E-state index contributed by atoms with van der Waals surface area (Å²) < 4.78 is 54.2. The van der Waals surface area contributed by atoms with Crippen LogP contribution in [0.4, 0.5) is 23.2 Å². The minimum atomic E-state index is -4.61. The Kier molecular flexibility index (Phi) is 4.67. The van der Waals surface area contributed by atoms with Gasteiger partial charge in [0.1, 0.15) is 17.2 Å². The lowest BCUT2D eigenvalue weighted by atomic mass is 10.1. The zero-order valence-corrected chi connectivity index (χ0v) is 13.8. The van der Waals surface area contributed by atoms with E-state index in [1.54, 1.807) is 0 Å². The fourth-order valence-electron chi connectivity index (χ4n) is 2.74. The number of aryl methyl sites for hydroxylation is 1. The monoisotopic (exact) mass is 365 g/mol. The number of fused-ring (bicyclic) bond motifs is 1. The van der Waals surface area contributed by atoms with Crippen LogP contribution in [0.5, 0.6) is 0 Å². The van der Waals surface area contributed by atoms with Crippen LogP contribution in [0.2, 0.25) is 0 Å². The summed E-state index contributed by atoms with van der Waals surface area (Å²) in [5.41, 5.74) is -0.535. The number of nitrogens with zero attached hydrogens (tertiary/aromatic N) is 2. The zero-order valence-electron chi connectivity index (χ0n) is 13.8. The number of imidazole rings is 1. The van der Waals surface area contributed by atoms with Gasteiger partial charge in [0, 0.05) is 6.20 Å². The van der Waals surface area contributed by atoms with E-state index in [0.29, 0.717) is 24.2 Å². The Morgan fingerprint density at radius 1 is 1.19 bits per heavy atom. The summed E-state index contributed by atoms with van der Waals surface area (Å²) in [7, 11) is 0. The molecular formula is C18H15F4N3O. The van der Waals surface area contributed by atoms with E-state index in [1.165, 1.54) is 34.7 Å². The lowest BCUT2D eigenvalue weighted by molar-refractivity contribution is -0.136. The van der Waals surface area contributed by atoms with Crippen LogP contribution in [0, 0.1) is 5.82 Å². The molecule has 1 amide bonds. The summed E-state index contributed by atoms with van der Waals surface area (Å²) in [5, 5.41) is 2.29. The number of nitrogens with one attached hydrogen (secondary N) is 1. The lowest BCUT2D eigenvalue weighted by Crippen LogP contribution is -2.19. The number of para-hydroxylation sites is 1. The van der Waals surface area contributed by atoms with Gasteiger partial charge in [-0.1, -0.05) is 25.5 Å². The number of hydrogen-bond donors (Lipinski definition) is 1. The Balaban J connectivity index is 2.06. The van der Waals surface area contributed by atoms with Crippen molar-refractivity contribution in [3.05, 3.63) is 65.4 Å². The third-order valence-corrected chi connectivity index (χ3v) is 3.84. The molecule has 0 bridgehead atoms. The number of carbonyl (C=O) groups excluding carboxylic acids is 1. The first-order valence-corrected chi connectivity index (χ1v) is 7.95. The van der Waals surface area contributed by atoms with E-state index in [1.807, 2.05) is 6.92 Å². The van der Waals surface area contributed by atoms with Crippen LogP contribution in [0.25, 0.3) is 5.65 Å². The normalized spacial score (nSPS) is 11.7.